The zero-order chi connectivity index (χ0) is 14.2. The van der Waals surface area contributed by atoms with Gasteiger partial charge in [-0.15, -0.1) is 0 Å². The van der Waals surface area contributed by atoms with Crippen LogP contribution in [-0.4, -0.2) is 34.6 Å². The minimum Gasteiger partial charge on any atom is -0.368 e. The molecule has 0 amide bonds. The number of thioether (sulfide) groups is 1. The summed E-state index contributed by atoms with van der Waals surface area (Å²) in [7, 11) is 0. The van der Waals surface area contributed by atoms with E-state index in [9.17, 15) is 13.2 Å². The van der Waals surface area contributed by atoms with Crippen molar-refractivity contribution >= 4 is 11.8 Å². The van der Waals surface area contributed by atoms with Crippen LogP contribution < -0.4 is 5.32 Å². The molecule has 4 nitrogen and oxygen atoms in total. The first kappa shape index (κ1) is 14.1. The monoisotopic (exact) mass is 305 g/mol. The van der Waals surface area contributed by atoms with Crippen molar-refractivity contribution in [1.82, 2.24) is 15.3 Å². The maximum absolute atomic E-state index is 13.2. The zero-order valence-corrected chi connectivity index (χ0v) is 11.5. The van der Waals surface area contributed by atoms with E-state index in [2.05, 4.69) is 15.3 Å². The van der Waals surface area contributed by atoms with Crippen LogP contribution in [0.15, 0.2) is 0 Å². The van der Waals surface area contributed by atoms with Crippen molar-refractivity contribution in [3.8, 4) is 0 Å². The molecule has 0 spiro atoms. The second-order valence-corrected chi connectivity index (χ2v) is 5.86. The van der Waals surface area contributed by atoms with Gasteiger partial charge in [-0.2, -0.15) is 24.9 Å². The minimum atomic E-state index is -4.44. The SMILES string of the molecule is FC(F)(F)c1nc(C2CSCCO2)nc2c1CCNC2. The number of nitrogens with zero attached hydrogens (tertiary/aromatic N) is 2. The van der Waals surface area contributed by atoms with Crippen molar-refractivity contribution in [3.63, 3.8) is 0 Å². The Morgan fingerprint density at radius 1 is 1.30 bits per heavy atom. The largest absolute Gasteiger partial charge is 0.433 e. The first-order chi connectivity index (χ1) is 9.55. The highest BCUT2D eigenvalue weighted by Gasteiger charge is 2.38. The number of nitrogens with one attached hydrogen (secondary N) is 1. The van der Waals surface area contributed by atoms with Gasteiger partial charge < -0.3 is 10.1 Å². The Kier molecular flexibility index (Phi) is 3.87. The highest BCUT2D eigenvalue weighted by molar-refractivity contribution is 7.99. The summed E-state index contributed by atoms with van der Waals surface area (Å²) in [6.07, 6.45) is -4.58. The number of halogens is 3. The third-order valence-corrected chi connectivity index (χ3v) is 4.32. The van der Waals surface area contributed by atoms with Gasteiger partial charge in [0, 0.05) is 23.6 Å². The van der Waals surface area contributed by atoms with Gasteiger partial charge in [-0.3, -0.25) is 0 Å². The highest BCUT2D eigenvalue weighted by Crippen LogP contribution is 2.34. The van der Waals surface area contributed by atoms with Gasteiger partial charge in [0.2, 0.25) is 0 Å². The van der Waals surface area contributed by atoms with Crippen molar-refractivity contribution in [3.05, 3.63) is 22.8 Å². The van der Waals surface area contributed by atoms with Gasteiger partial charge in [0.15, 0.2) is 11.5 Å². The predicted octanol–water partition coefficient (Wildman–Crippen LogP) is 1.95. The van der Waals surface area contributed by atoms with E-state index in [4.69, 9.17) is 4.74 Å². The fourth-order valence-electron chi connectivity index (χ4n) is 2.39. The summed E-state index contributed by atoms with van der Waals surface area (Å²) in [6.45, 7) is 1.40. The molecule has 1 aromatic rings. The molecule has 1 aromatic heterocycles. The highest BCUT2D eigenvalue weighted by atomic mass is 32.2. The molecule has 0 aliphatic carbocycles. The van der Waals surface area contributed by atoms with E-state index in [0.717, 1.165) is 5.75 Å². The van der Waals surface area contributed by atoms with E-state index in [1.54, 1.807) is 11.8 Å². The van der Waals surface area contributed by atoms with Crippen molar-refractivity contribution in [2.24, 2.45) is 0 Å². The maximum Gasteiger partial charge on any atom is 0.433 e. The molecule has 1 unspecified atom stereocenters. The molecule has 3 rings (SSSR count). The van der Waals surface area contributed by atoms with Crippen LogP contribution in [0.1, 0.15) is 28.9 Å². The van der Waals surface area contributed by atoms with Gasteiger partial charge >= 0.3 is 6.18 Å². The molecule has 2 aliphatic heterocycles. The first-order valence-corrected chi connectivity index (χ1v) is 7.58. The molecule has 0 radical (unpaired) electrons. The second-order valence-electron chi connectivity index (χ2n) is 4.71. The molecule has 1 fully saturated rings. The Morgan fingerprint density at radius 2 is 2.15 bits per heavy atom. The molecule has 0 bridgehead atoms. The third kappa shape index (κ3) is 2.77. The molecule has 1 atom stereocenters. The zero-order valence-electron chi connectivity index (χ0n) is 10.7. The molecule has 3 heterocycles. The molecule has 8 heteroatoms. The van der Waals surface area contributed by atoms with E-state index in [1.165, 1.54) is 0 Å². The molecule has 1 saturated heterocycles. The topological polar surface area (TPSA) is 47.0 Å². The van der Waals surface area contributed by atoms with Gasteiger partial charge in [0.25, 0.3) is 0 Å². The van der Waals surface area contributed by atoms with Gasteiger partial charge in [0.1, 0.15) is 6.10 Å². The number of rotatable bonds is 1. The number of alkyl halides is 3. The molecule has 1 N–H and O–H groups in total. The van der Waals surface area contributed by atoms with E-state index in [1.807, 2.05) is 0 Å². The fraction of sp³-hybridized carbons (Fsp3) is 0.667. The van der Waals surface area contributed by atoms with Crippen LogP contribution in [0.4, 0.5) is 13.2 Å². The Labute approximate surface area is 118 Å². The summed E-state index contributed by atoms with van der Waals surface area (Å²) >= 11 is 1.65. The van der Waals surface area contributed by atoms with Crippen LogP contribution in [0.25, 0.3) is 0 Å². The first-order valence-electron chi connectivity index (χ1n) is 6.42. The predicted molar refractivity (Wildman–Crippen MR) is 68.5 cm³/mol. The van der Waals surface area contributed by atoms with Crippen LogP contribution in [0.5, 0.6) is 0 Å². The average molecular weight is 305 g/mol. The molecular weight excluding hydrogens is 291 g/mol. The van der Waals surface area contributed by atoms with Crippen LogP contribution in [0, 0.1) is 0 Å². The number of ether oxygens (including phenoxy) is 1. The molecule has 2 aliphatic rings. The van der Waals surface area contributed by atoms with E-state index >= 15 is 0 Å². The summed E-state index contributed by atoms with van der Waals surface area (Å²) in [6, 6.07) is 0. The van der Waals surface area contributed by atoms with Crippen LogP contribution >= 0.6 is 11.8 Å². The quantitative estimate of drug-likeness (QED) is 0.859. The fourth-order valence-corrected chi connectivity index (χ4v) is 3.23. The lowest BCUT2D eigenvalue weighted by Gasteiger charge is -2.25. The summed E-state index contributed by atoms with van der Waals surface area (Å²) in [4.78, 5) is 8.08. The number of aromatic nitrogens is 2. The summed E-state index contributed by atoms with van der Waals surface area (Å²) in [5.74, 6) is 1.62. The Bertz CT molecular complexity index is 503. The standard InChI is InChI=1S/C12H14F3N3OS/c13-12(14,15)10-7-1-2-16-5-8(7)17-11(18-10)9-6-20-4-3-19-9/h9,16H,1-6H2. The van der Waals surface area contributed by atoms with Gasteiger partial charge in [-0.05, 0) is 13.0 Å². The van der Waals surface area contributed by atoms with Crippen LogP contribution in [0.2, 0.25) is 0 Å². The van der Waals surface area contributed by atoms with Gasteiger partial charge in [-0.1, -0.05) is 0 Å². The van der Waals surface area contributed by atoms with Gasteiger partial charge in [0.05, 0.1) is 12.3 Å². The van der Waals surface area contributed by atoms with Crippen molar-refractivity contribution in [1.29, 1.82) is 0 Å². The molecule has 110 valence electrons. The lowest BCUT2D eigenvalue weighted by Crippen LogP contribution is -2.30. The van der Waals surface area contributed by atoms with E-state index in [-0.39, 0.29) is 11.4 Å². The Balaban J connectivity index is 2.03. The van der Waals surface area contributed by atoms with Crippen molar-refractivity contribution in [2.75, 3.05) is 24.7 Å². The Morgan fingerprint density at radius 3 is 2.85 bits per heavy atom. The molecule has 0 saturated carbocycles. The summed E-state index contributed by atoms with van der Waals surface area (Å²) in [5.41, 5.74) is -0.116. The number of hydrogen-bond donors (Lipinski definition) is 1. The van der Waals surface area contributed by atoms with E-state index < -0.39 is 18.0 Å². The second kappa shape index (κ2) is 5.50. The van der Waals surface area contributed by atoms with Crippen molar-refractivity contribution < 1.29 is 17.9 Å². The Hall–Kier alpha value is -0.860. The lowest BCUT2D eigenvalue weighted by atomic mass is 10.0. The van der Waals surface area contributed by atoms with Crippen molar-refractivity contribution in [2.45, 2.75) is 25.2 Å². The molecular formula is C12H14F3N3OS. The van der Waals surface area contributed by atoms with E-state index in [0.29, 0.717) is 37.6 Å². The number of fused-ring (bicyclic) bond motifs is 1. The normalized spacial score (nSPS) is 23.4. The average Bonchev–Trinajstić information content (AvgIpc) is 2.46. The molecule has 20 heavy (non-hydrogen) atoms. The molecule has 0 aromatic carbocycles. The summed E-state index contributed by atoms with van der Waals surface area (Å²) < 4.78 is 45.0. The van der Waals surface area contributed by atoms with Crippen LogP contribution in [0.3, 0.4) is 0 Å². The number of hydrogen-bond acceptors (Lipinski definition) is 5. The summed E-state index contributed by atoms with van der Waals surface area (Å²) in [5, 5.41) is 3.05. The maximum atomic E-state index is 13.2. The minimum absolute atomic E-state index is 0.159. The van der Waals surface area contributed by atoms with Gasteiger partial charge in [-0.25, -0.2) is 9.97 Å². The smallest absolute Gasteiger partial charge is 0.368 e. The third-order valence-electron chi connectivity index (χ3n) is 3.33. The lowest BCUT2D eigenvalue weighted by molar-refractivity contribution is -0.142. The van der Waals surface area contributed by atoms with Crippen LogP contribution in [-0.2, 0) is 23.9 Å².